The van der Waals surface area contributed by atoms with Gasteiger partial charge in [0.25, 0.3) is 0 Å². The van der Waals surface area contributed by atoms with E-state index < -0.39 is 0 Å². The third kappa shape index (κ3) is 3.80. The van der Waals surface area contributed by atoms with Crippen LogP contribution in [-0.4, -0.2) is 18.7 Å². The van der Waals surface area contributed by atoms with Crippen LogP contribution in [0.3, 0.4) is 0 Å². The maximum atomic E-state index is 9.02. The molecule has 104 valence electrons. The number of benzene rings is 1. The summed E-state index contributed by atoms with van der Waals surface area (Å²) in [6, 6.07) is 10.1. The van der Waals surface area contributed by atoms with Crippen LogP contribution in [0.4, 0.5) is 0 Å². The van der Waals surface area contributed by atoms with Crippen molar-refractivity contribution in [3.63, 3.8) is 0 Å². The van der Waals surface area contributed by atoms with Gasteiger partial charge in [0.05, 0.1) is 23.9 Å². The third-order valence-electron chi connectivity index (χ3n) is 2.73. The second-order valence-electron chi connectivity index (χ2n) is 4.34. The van der Waals surface area contributed by atoms with Crippen LogP contribution in [0.15, 0.2) is 24.3 Å². The first-order chi connectivity index (χ1) is 9.72. The summed E-state index contributed by atoms with van der Waals surface area (Å²) >= 11 is 1.40. The van der Waals surface area contributed by atoms with Gasteiger partial charge in [-0.05, 0) is 19.1 Å². The molecule has 1 aromatic carbocycles. The molecular weight excluding hydrogens is 272 g/mol. The second kappa shape index (κ2) is 7.04. The smallest absolute Gasteiger partial charge is 0.130 e. The molecular formula is C15H16N2O2S. The van der Waals surface area contributed by atoms with Crippen molar-refractivity contribution in [2.45, 2.75) is 20.0 Å². The number of hydrogen-bond donors (Lipinski definition) is 0. The Kier molecular flexibility index (Phi) is 5.10. The molecule has 0 spiro atoms. The Bertz CT molecular complexity index is 599. The first-order valence-electron chi connectivity index (χ1n) is 6.30. The monoisotopic (exact) mass is 288 g/mol. The maximum absolute atomic E-state index is 9.02. The van der Waals surface area contributed by atoms with Crippen LogP contribution < -0.4 is 4.74 Å². The van der Waals surface area contributed by atoms with Crippen LogP contribution in [0.2, 0.25) is 0 Å². The minimum atomic E-state index is 0.373. The molecule has 0 amide bonds. The summed E-state index contributed by atoms with van der Waals surface area (Å²) < 4.78 is 10.7. The molecule has 1 aromatic heterocycles. The zero-order chi connectivity index (χ0) is 14.4. The summed E-state index contributed by atoms with van der Waals surface area (Å²) in [4.78, 5) is 5.03. The lowest BCUT2D eigenvalue weighted by molar-refractivity contribution is 0.181. The molecule has 0 N–H and O–H groups in total. The summed E-state index contributed by atoms with van der Waals surface area (Å²) in [5.74, 6) is 0.852. The van der Waals surface area contributed by atoms with Crippen molar-refractivity contribution in [2.75, 3.05) is 13.7 Å². The van der Waals surface area contributed by atoms with Gasteiger partial charge in [0, 0.05) is 13.5 Å². The first kappa shape index (κ1) is 14.5. The van der Waals surface area contributed by atoms with Crippen LogP contribution in [0.5, 0.6) is 5.75 Å². The number of aromatic nitrogens is 1. The predicted octanol–water partition coefficient (Wildman–Crippen LogP) is 3.09. The molecule has 0 bridgehead atoms. The van der Waals surface area contributed by atoms with E-state index in [1.54, 1.807) is 7.11 Å². The largest absolute Gasteiger partial charge is 0.493 e. The van der Waals surface area contributed by atoms with Gasteiger partial charge in [-0.25, -0.2) is 4.98 Å². The van der Waals surface area contributed by atoms with Crippen molar-refractivity contribution in [1.82, 2.24) is 4.98 Å². The average Bonchev–Trinajstić information content (AvgIpc) is 2.84. The number of hydrogen-bond acceptors (Lipinski definition) is 5. The maximum Gasteiger partial charge on any atom is 0.130 e. The lowest BCUT2D eigenvalue weighted by Crippen LogP contribution is -2.01. The summed E-state index contributed by atoms with van der Waals surface area (Å²) in [5, 5.41) is 9.92. The van der Waals surface area contributed by atoms with Gasteiger partial charge in [-0.2, -0.15) is 5.26 Å². The zero-order valence-corrected chi connectivity index (χ0v) is 12.4. The van der Waals surface area contributed by atoms with Crippen molar-refractivity contribution in [2.24, 2.45) is 0 Å². The molecule has 0 atom stereocenters. The van der Waals surface area contributed by atoms with Gasteiger partial charge in [0.15, 0.2) is 0 Å². The van der Waals surface area contributed by atoms with Gasteiger partial charge in [-0.15, -0.1) is 11.3 Å². The fourth-order valence-corrected chi connectivity index (χ4v) is 2.57. The van der Waals surface area contributed by atoms with E-state index in [1.807, 2.05) is 31.2 Å². The van der Waals surface area contributed by atoms with Crippen molar-refractivity contribution in [1.29, 1.82) is 5.26 Å². The van der Waals surface area contributed by atoms with E-state index in [0.29, 0.717) is 30.2 Å². The molecule has 0 aliphatic carbocycles. The average molecular weight is 288 g/mol. The van der Waals surface area contributed by atoms with Gasteiger partial charge in [-0.1, -0.05) is 17.7 Å². The van der Waals surface area contributed by atoms with Crippen molar-refractivity contribution >= 4 is 11.3 Å². The fraction of sp³-hybridized carbons (Fsp3) is 0.333. The quantitative estimate of drug-likeness (QED) is 0.819. The predicted molar refractivity (Wildman–Crippen MR) is 77.9 cm³/mol. The molecule has 5 heteroatoms. The highest BCUT2D eigenvalue weighted by Crippen LogP contribution is 2.19. The molecule has 2 aromatic rings. The van der Waals surface area contributed by atoms with Gasteiger partial charge < -0.3 is 9.47 Å². The highest BCUT2D eigenvalue weighted by molar-refractivity contribution is 7.12. The Hall–Kier alpha value is -1.90. The normalized spacial score (nSPS) is 10.2. The topological polar surface area (TPSA) is 55.1 Å². The third-order valence-corrected chi connectivity index (χ3v) is 3.79. The standard InChI is InChI=1S/C15H16N2O2S/c1-11-3-5-12(6-4-11)19-8-7-15-17-13(10-18-2)14(9-16)20-15/h3-6H,7-8,10H2,1-2H3. The zero-order valence-electron chi connectivity index (χ0n) is 11.5. The Morgan fingerprint density at radius 3 is 2.70 bits per heavy atom. The van der Waals surface area contributed by atoms with Crippen molar-refractivity contribution < 1.29 is 9.47 Å². The van der Waals surface area contributed by atoms with E-state index in [1.165, 1.54) is 16.9 Å². The minimum Gasteiger partial charge on any atom is -0.493 e. The molecule has 4 nitrogen and oxygen atoms in total. The van der Waals surface area contributed by atoms with Crippen LogP contribution >= 0.6 is 11.3 Å². The van der Waals surface area contributed by atoms with E-state index in [0.717, 1.165) is 10.8 Å². The molecule has 2 rings (SSSR count). The van der Waals surface area contributed by atoms with E-state index in [2.05, 4.69) is 11.1 Å². The molecule has 1 heterocycles. The summed E-state index contributed by atoms with van der Waals surface area (Å²) in [6.07, 6.45) is 0.691. The summed E-state index contributed by atoms with van der Waals surface area (Å²) in [7, 11) is 1.60. The van der Waals surface area contributed by atoms with E-state index >= 15 is 0 Å². The Balaban J connectivity index is 1.91. The number of methoxy groups -OCH3 is 1. The van der Waals surface area contributed by atoms with Crippen LogP contribution in [-0.2, 0) is 17.8 Å². The Morgan fingerprint density at radius 2 is 2.05 bits per heavy atom. The van der Waals surface area contributed by atoms with Crippen molar-refractivity contribution in [3.8, 4) is 11.8 Å². The lowest BCUT2D eigenvalue weighted by atomic mass is 10.2. The molecule has 0 radical (unpaired) electrons. The molecule has 0 saturated heterocycles. The molecule has 0 saturated carbocycles. The number of aryl methyl sites for hydroxylation is 1. The van der Waals surface area contributed by atoms with E-state index in [-0.39, 0.29) is 0 Å². The highest BCUT2D eigenvalue weighted by Gasteiger charge is 2.10. The summed E-state index contributed by atoms with van der Waals surface area (Å²) in [5.41, 5.74) is 1.92. The lowest BCUT2D eigenvalue weighted by Gasteiger charge is -2.04. The van der Waals surface area contributed by atoms with Crippen LogP contribution in [0.25, 0.3) is 0 Å². The van der Waals surface area contributed by atoms with Gasteiger partial charge >= 0.3 is 0 Å². The van der Waals surface area contributed by atoms with Gasteiger partial charge in [-0.3, -0.25) is 0 Å². The first-order valence-corrected chi connectivity index (χ1v) is 7.11. The fourth-order valence-electron chi connectivity index (χ4n) is 1.72. The molecule has 0 aliphatic heterocycles. The van der Waals surface area contributed by atoms with Gasteiger partial charge in [0.2, 0.25) is 0 Å². The summed E-state index contributed by atoms with van der Waals surface area (Å²) in [6.45, 7) is 2.96. The van der Waals surface area contributed by atoms with E-state index in [9.17, 15) is 0 Å². The Morgan fingerprint density at radius 1 is 1.30 bits per heavy atom. The number of nitrogens with zero attached hydrogens (tertiary/aromatic N) is 2. The number of ether oxygens (including phenoxy) is 2. The number of thiazole rings is 1. The molecule has 0 fully saturated rings. The second-order valence-corrected chi connectivity index (χ2v) is 5.42. The van der Waals surface area contributed by atoms with E-state index in [4.69, 9.17) is 14.7 Å². The number of rotatable bonds is 6. The SMILES string of the molecule is COCc1nc(CCOc2ccc(C)cc2)sc1C#N. The van der Waals surface area contributed by atoms with Gasteiger partial charge in [0.1, 0.15) is 16.7 Å². The van der Waals surface area contributed by atoms with Crippen LogP contribution in [0, 0.1) is 18.3 Å². The molecule has 20 heavy (non-hydrogen) atoms. The highest BCUT2D eigenvalue weighted by atomic mass is 32.1. The van der Waals surface area contributed by atoms with Crippen molar-refractivity contribution in [3.05, 3.63) is 45.4 Å². The van der Waals surface area contributed by atoms with Crippen LogP contribution in [0.1, 0.15) is 21.1 Å². The minimum absolute atomic E-state index is 0.373. The molecule has 0 aliphatic rings. The number of nitriles is 1. The molecule has 0 unspecified atom stereocenters. The Labute approximate surface area is 122 Å².